The van der Waals surface area contributed by atoms with Crippen LogP contribution in [0, 0.1) is 24.4 Å². The van der Waals surface area contributed by atoms with E-state index in [-0.39, 0.29) is 46.5 Å². The third-order valence-corrected chi connectivity index (χ3v) is 7.96. The van der Waals surface area contributed by atoms with Crippen molar-refractivity contribution in [1.82, 2.24) is 19.9 Å². The molecule has 1 saturated heterocycles. The summed E-state index contributed by atoms with van der Waals surface area (Å²) in [5, 5.41) is 0.534. The van der Waals surface area contributed by atoms with Gasteiger partial charge >= 0.3 is 6.09 Å². The Labute approximate surface area is 240 Å². The number of nitrogens with two attached hydrogens (primary N) is 1. The van der Waals surface area contributed by atoms with Crippen molar-refractivity contribution in [2.24, 2.45) is 0 Å². The van der Waals surface area contributed by atoms with Crippen LogP contribution >= 0.6 is 11.8 Å². The van der Waals surface area contributed by atoms with Crippen LogP contribution in [0.15, 0.2) is 11.2 Å². The van der Waals surface area contributed by atoms with Crippen LogP contribution in [0.5, 0.6) is 5.88 Å². The van der Waals surface area contributed by atoms with Crippen LogP contribution in [-0.4, -0.2) is 69.1 Å². The maximum atomic E-state index is 16.3. The molecule has 1 amide bonds. The van der Waals surface area contributed by atoms with Gasteiger partial charge in [-0.15, -0.1) is 0 Å². The summed E-state index contributed by atoms with van der Waals surface area (Å²) in [6.07, 6.45) is 1.43. The van der Waals surface area contributed by atoms with Crippen LogP contribution in [0.3, 0.4) is 0 Å². The minimum atomic E-state index is -1.12. The van der Waals surface area contributed by atoms with Crippen molar-refractivity contribution in [2.45, 2.75) is 76.9 Å². The highest BCUT2D eigenvalue weighted by Crippen LogP contribution is 2.43. The number of carbonyl (C=O) groups excluding carboxylic acids is 1. The lowest BCUT2D eigenvalue weighted by atomic mass is 10.0. The molecule has 0 spiro atoms. The van der Waals surface area contributed by atoms with Gasteiger partial charge in [0, 0.05) is 18.7 Å². The van der Waals surface area contributed by atoms with E-state index in [1.807, 2.05) is 39.5 Å². The number of fused-ring (bicyclic) bond motifs is 2. The molecule has 3 atom stereocenters. The maximum absolute atomic E-state index is 16.3. The van der Waals surface area contributed by atoms with Crippen molar-refractivity contribution in [3.63, 3.8) is 0 Å². The molecule has 3 aromatic rings. The third kappa shape index (κ3) is 4.98. The number of hydrogen-bond donors (Lipinski definition) is 1. The highest BCUT2D eigenvalue weighted by Gasteiger charge is 2.44. The number of aryl methyl sites for hydroxylation is 1. The number of anilines is 2. The van der Waals surface area contributed by atoms with E-state index in [1.54, 1.807) is 11.2 Å². The summed E-state index contributed by atoms with van der Waals surface area (Å²) in [6, 6.07) is 0.560. The van der Waals surface area contributed by atoms with Crippen molar-refractivity contribution in [3.05, 3.63) is 29.1 Å². The first-order valence-corrected chi connectivity index (χ1v) is 14.6. The van der Waals surface area contributed by atoms with Gasteiger partial charge in [0.15, 0.2) is 22.6 Å². The fraction of sp³-hybridized carbons (Fsp3) is 0.500. The van der Waals surface area contributed by atoms with Crippen molar-refractivity contribution in [1.29, 1.82) is 0 Å². The number of aromatic nitrogens is 3. The molecule has 2 N–H and O–H groups in total. The van der Waals surface area contributed by atoms with Crippen LogP contribution in [0.2, 0.25) is 0 Å². The zero-order valence-electron chi connectivity index (χ0n) is 24.0. The molecular formula is C28H33F3N6O3S. The standard InChI is InChI=1S/C28H33F3N6O3S/c1-8-14-10-37-16(11-36(14)27(38)40-28(4,5)6)13(3)39-25-17-23(34-26(41-7)35-24(17)37)20(31)22(33-25)15-9-12(2)18(29)21(32)19(15)30/h9,13-14,16H,8,10-11,32H2,1-7H3/t13-,14?,16-/m0/s1. The normalized spacial score (nSPS) is 20.5. The quantitative estimate of drug-likeness (QED) is 0.233. The number of thioether (sulfide) groups is 1. The largest absolute Gasteiger partial charge is 0.472 e. The molecule has 1 unspecified atom stereocenters. The Morgan fingerprint density at radius 2 is 1.88 bits per heavy atom. The summed E-state index contributed by atoms with van der Waals surface area (Å²) < 4.78 is 57.7. The predicted octanol–water partition coefficient (Wildman–Crippen LogP) is 5.71. The molecule has 41 heavy (non-hydrogen) atoms. The molecule has 220 valence electrons. The zero-order valence-corrected chi connectivity index (χ0v) is 24.8. The molecular weight excluding hydrogens is 557 g/mol. The second kappa shape index (κ2) is 10.4. The number of nitrogens with zero attached hydrogens (tertiary/aromatic N) is 5. The highest BCUT2D eigenvalue weighted by atomic mass is 32.2. The van der Waals surface area contributed by atoms with E-state index in [9.17, 15) is 9.18 Å². The van der Waals surface area contributed by atoms with Gasteiger partial charge in [-0.3, -0.25) is 0 Å². The van der Waals surface area contributed by atoms with E-state index in [0.29, 0.717) is 23.9 Å². The van der Waals surface area contributed by atoms with Gasteiger partial charge in [-0.25, -0.2) is 32.9 Å². The number of halogens is 3. The number of ether oxygens (including phenoxy) is 2. The molecule has 5 rings (SSSR count). The van der Waals surface area contributed by atoms with Crippen molar-refractivity contribution >= 4 is 40.3 Å². The molecule has 4 heterocycles. The first-order chi connectivity index (χ1) is 19.2. The van der Waals surface area contributed by atoms with E-state index in [0.717, 1.165) is 6.07 Å². The first-order valence-electron chi connectivity index (χ1n) is 13.4. The van der Waals surface area contributed by atoms with Crippen molar-refractivity contribution < 1.29 is 27.4 Å². The lowest BCUT2D eigenvalue weighted by Crippen LogP contribution is -2.63. The lowest BCUT2D eigenvalue weighted by molar-refractivity contribution is 0.00499. The molecule has 1 aromatic carbocycles. The second-order valence-electron chi connectivity index (χ2n) is 11.4. The Hall–Kier alpha value is -3.48. The molecule has 0 saturated carbocycles. The van der Waals surface area contributed by atoms with E-state index >= 15 is 8.78 Å². The Bertz CT molecular complexity index is 1550. The molecule has 2 aromatic heterocycles. The van der Waals surface area contributed by atoms with Gasteiger partial charge in [0.2, 0.25) is 5.88 Å². The summed E-state index contributed by atoms with van der Waals surface area (Å²) in [5.74, 6) is -2.51. The van der Waals surface area contributed by atoms with Crippen LogP contribution in [0.4, 0.5) is 29.5 Å². The maximum Gasteiger partial charge on any atom is 0.410 e. The van der Waals surface area contributed by atoms with Crippen LogP contribution in [-0.2, 0) is 4.74 Å². The summed E-state index contributed by atoms with van der Waals surface area (Å²) in [4.78, 5) is 30.5. The summed E-state index contributed by atoms with van der Waals surface area (Å²) in [7, 11) is 0. The first kappa shape index (κ1) is 29.0. The van der Waals surface area contributed by atoms with Gasteiger partial charge < -0.3 is 25.0 Å². The Kier molecular flexibility index (Phi) is 7.37. The number of pyridine rings is 1. The van der Waals surface area contributed by atoms with E-state index in [4.69, 9.17) is 20.2 Å². The highest BCUT2D eigenvalue weighted by molar-refractivity contribution is 7.98. The Morgan fingerprint density at radius 3 is 2.51 bits per heavy atom. The molecule has 13 heteroatoms. The molecule has 9 nitrogen and oxygen atoms in total. The molecule has 0 bridgehead atoms. The zero-order chi connectivity index (χ0) is 30.0. The number of carbonyl (C=O) groups is 1. The van der Waals surface area contributed by atoms with Crippen LogP contribution in [0.25, 0.3) is 22.2 Å². The lowest BCUT2D eigenvalue weighted by Gasteiger charge is -2.47. The molecule has 2 aliphatic heterocycles. The smallest absolute Gasteiger partial charge is 0.410 e. The molecule has 0 radical (unpaired) electrons. The number of rotatable bonds is 3. The van der Waals surface area contributed by atoms with E-state index in [2.05, 4.69) is 9.97 Å². The topological polar surface area (TPSA) is 107 Å². The second-order valence-corrected chi connectivity index (χ2v) is 12.1. The minimum absolute atomic E-state index is 0.0118. The van der Waals surface area contributed by atoms with Crippen molar-refractivity contribution in [3.8, 4) is 17.1 Å². The van der Waals surface area contributed by atoms with Crippen LogP contribution < -0.4 is 15.4 Å². The monoisotopic (exact) mass is 590 g/mol. The fourth-order valence-corrected chi connectivity index (χ4v) is 5.70. The SMILES string of the molecule is CCC1CN2c3nc(SC)nc4c(F)c(-c5cc(C)c(F)c(N)c5F)nc(c34)O[C@@H](C)[C@@H]2CN1C(=O)OC(C)(C)C. The van der Waals surface area contributed by atoms with Gasteiger partial charge in [-0.1, -0.05) is 18.7 Å². The van der Waals surface area contributed by atoms with Gasteiger partial charge in [0.1, 0.15) is 39.8 Å². The third-order valence-electron chi connectivity index (χ3n) is 7.41. The fourth-order valence-electron chi connectivity index (χ4n) is 5.34. The number of piperazine rings is 1. The summed E-state index contributed by atoms with van der Waals surface area (Å²) in [5.41, 5.74) is 3.50. The Balaban J connectivity index is 1.70. The van der Waals surface area contributed by atoms with E-state index < -0.39 is 46.6 Å². The van der Waals surface area contributed by atoms with Gasteiger partial charge in [-0.2, -0.15) is 0 Å². The average Bonchev–Trinajstić information content (AvgIpc) is 3.03. The van der Waals surface area contributed by atoms with Crippen LogP contribution in [0.1, 0.15) is 46.6 Å². The molecule has 1 fully saturated rings. The average molecular weight is 591 g/mol. The summed E-state index contributed by atoms with van der Waals surface area (Å²) in [6.45, 7) is 11.3. The Morgan fingerprint density at radius 1 is 1.17 bits per heavy atom. The van der Waals surface area contributed by atoms with Crippen molar-refractivity contribution in [2.75, 3.05) is 30.0 Å². The van der Waals surface area contributed by atoms with Gasteiger partial charge in [0.05, 0.1) is 12.1 Å². The summed E-state index contributed by atoms with van der Waals surface area (Å²) >= 11 is 1.22. The number of benzene rings is 1. The van der Waals surface area contributed by atoms with Gasteiger partial charge in [-0.05, 0) is 58.9 Å². The molecule has 0 aliphatic carbocycles. The van der Waals surface area contributed by atoms with E-state index in [1.165, 1.54) is 18.7 Å². The predicted molar refractivity (Wildman–Crippen MR) is 152 cm³/mol. The minimum Gasteiger partial charge on any atom is -0.472 e. The number of nitrogen functional groups attached to an aromatic ring is 1. The number of amides is 1. The van der Waals surface area contributed by atoms with Gasteiger partial charge in [0.25, 0.3) is 0 Å². The molecule has 2 aliphatic rings. The number of hydrogen-bond acceptors (Lipinski definition) is 9.